The highest BCUT2D eigenvalue weighted by Gasteiger charge is 2.30. The van der Waals surface area contributed by atoms with Crippen LogP contribution in [0.1, 0.15) is 69.4 Å². The first-order chi connectivity index (χ1) is 9.17. The van der Waals surface area contributed by atoms with Crippen molar-refractivity contribution >= 4 is 16.5 Å². The van der Waals surface area contributed by atoms with Gasteiger partial charge in [-0.05, 0) is 33.1 Å². The minimum Gasteiger partial charge on any atom is -0.346 e. The van der Waals surface area contributed by atoms with Crippen LogP contribution < -0.4 is 10.6 Å². The number of unbranched alkanes of at least 4 members (excludes halogenated alkanes) is 2. The van der Waals surface area contributed by atoms with Crippen LogP contribution in [0.4, 0.5) is 5.13 Å². The molecule has 2 rings (SSSR count). The predicted octanol–water partition coefficient (Wildman–Crippen LogP) is 3.88. The van der Waals surface area contributed by atoms with Gasteiger partial charge in [-0.15, -0.1) is 11.3 Å². The molecular formula is C15H27N3S. The highest BCUT2D eigenvalue weighted by Crippen LogP contribution is 2.44. The van der Waals surface area contributed by atoms with Gasteiger partial charge in [-0.2, -0.15) is 0 Å². The molecule has 4 heteroatoms. The van der Waals surface area contributed by atoms with E-state index in [2.05, 4.69) is 25.7 Å². The molecule has 2 N–H and O–H groups in total. The Balaban J connectivity index is 2.11. The lowest BCUT2D eigenvalue weighted by molar-refractivity contribution is 0.624. The zero-order valence-corrected chi connectivity index (χ0v) is 13.3. The second-order valence-corrected chi connectivity index (χ2v) is 6.84. The van der Waals surface area contributed by atoms with Gasteiger partial charge in [0, 0.05) is 29.9 Å². The third-order valence-electron chi connectivity index (χ3n) is 3.74. The molecule has 19 heavy (non-hydrogen) atoms. The van der Waals surface area contributed by atoms with Crippen LogP contribution in [0.3, 0.4) is 0 Å². The average molecular weight is 281 g/mol. The minimum atomic E-state index is 0.515. The molecule has 0 bridgehead atoms. The topological polar surface area (TPSA) is 42.2 Å². The highest BCUT2D eigenvalue weighted by molar-refractivity contribution is 7.15. The van der Waals surface area contributed by atoms with E-state index in [1.165, 1.54) is 47.8 Å². The fraction of sp³-hybridized carbons (Fsp3) is 0.800. The number of rotatable bonds is 8. The third-order valence-corrected chi connectivity index (χ3v) is 4.87. The smallest absolute Gasteiger partial charge is 0.186 e. The van der Waals surface area contributed by atoms with Gasteiger partial charge in [0.25, 0.3) is 0 Å². The molecular weight excluding hydrogens is 254 g/mol. The molecule has 0 aromatic carbocycles. The van der Waals surface area contributed by atoms with E-state index in [1.807, 2.05) is 11.3 Å². The van der Waals surface area contributed by atoms with Crippen molar-refractivity contribution in [2.45, 2.75) is 71.4 Å². The van der Waals surface area contributed by atoms with E-state index < -0.39 is 0 Å². The second-order valence-electron chi connectivity index (χ2n) is 5.78. The largest absolute Gasteiger partial charge is 0.346 e. The predicted molar refractivity (Wildman–Crippen MR) is 84.0 cm³/mol. The first-order valence-electron chi connectivity index (χ1n) is 7.63. The third kappa shape index (κ3) is 3.69. The average Bonchev–Trinajstić information content (AvgIpc) is 3.14. The first kappa shape index (κ1) is 14.8. The lowest BCUT2D eigenvalue weighted by atomic mass is 10.2. The number of hydrogen-bond donors (Lipinski definition) is 1. The molecule has 1 aromatic rings. The van der Waals surface area contributed by atoms with Crippen LogP contribution in [0.15, 0.2) is 0 Å². The molecule has 0 unspecified atom stereocenters. The minimum absolute atomic E-state index is 0.515. The van der Waals surface area contributed by atoms with E-state index in [1.54, 1.807) is 0 Å². The van der Waals surface area contributed by atoms with Crippen molar-refractivity contribution in [1.29, 1.82) is 0 Å². The van der Waals surface area contributed by atoms with Crippen molar-refractivity contribution in [2.75, 3.05) is 11.4 Å². The van der Waals surface area contributed by atoms with Gasteiger partial charge in [-0.3, -0.25) is 0 Å². The number of anilines is 1. The lowest BCUT2D eigenvalue weighted by Gasteiger charge is -2.26. The Labute approximate surface area is 121 Å². The maximum Gasteiger partial charge on any atom is 0.186 e. The van der Waals surface area contributed by atoms with Gasteiger partial charge in [0.15, 0.2) is 5.13 Å². The molecule has 1 saturated carbocycles. The van der Waals surface area contributed by atoms with E-state index in [0.29, 0.717) is 18.5 Å². The van der Waals surface area contributed by atoms with Crippen molar-refractivity contribution in [2.24, 2.45) is 5.73 Å². The quantitative estimate of drug-likeness (QED) is 0.735. The van der Waals surface area contributed by atoms with E-state index in [-0.39, 0.29) is 0 Å². The molecule has 1 aromatic heterocycles. The Hall–Kier alpha value is -0.610. The van der Waals surface area contributed by atoms with Gasteiger partial charge < -0.3 is 10.6 Å². The van der Waals surface area contributed by atoms with Crippen LogP contribution in [0.25, 0.3) is 0 Å². The number of thiazole rings is 1. The van der Waals surface area contributed by atoms with Crippen LogP contribution in [-0.4, -0.2) is 17.6 Å². The van der Waals surface area contributed by atoms with Crippen LogP contribution >= 0.6 is 11.3 Å². The summed E-state index contributed by atoms with van der Waals surface area (Å²) < 4.78 is 0. The number of aromatic nitrogens is 1. The second kappa shape index (κ2) is 6.71. The maximum absolute atomic E-state index is 5.88. The summed E-state index contributed by atoms with van der Waals surface area (Å²) in [6, 6.07) is 0.515. The molecule has 3 nitrogen and oxygen atoms in total. The number of nitrogens with zero attached hydrogens (tertiary/aromatic N) is 2. The van der Waals surface area contributed by atoms with Crippen LogP contribution in [0, 0.1) is 0 Å². The van der Waals surface area contributed by atoms with E-state index in [9.17, 15) is 0 Å². The number of nitrogens with two attached hydrogens (primary N) is 1. The molecule has 0 atom stereocenters. The molecule has 1 aliphatic rings. The standard InChI is InChI=1S/C15H27N3S/c1-4-5-6-9-18(11(2)3)15-17-14(12-7-8-12)13(10-16)19-15/h11-12H,4-10,16H2,1-3H3. The van der Waals surface area contributed by atoms with Crippen molar-refractivity contribution < 1.29 is 0 Å². The van der Waals surface area contributed by atoms with E-state index in [0.717, 1.165) is 6.54 Å². The van der Waals surface area contributed by atoms with Crippen molar-refractivity contribution in [3.63, 3.8) is 0 Å². The number of hydrogen-bond acceptors (Lipinski definition) is 4. The summed E-state index contributed by atoms with van der Waals surface area (Å²) in [5, 5.41) is 1.19. The van der Waals surface area contributed by atoms with Crippen molar-refractivity contribution in [1.82, 2.24) is 4.98 Å². The SMILES string of the molecule is CCCCCN(c1nc(C2CC2)c(CN)s1)C(C)C. The van der Waals surface area contributed by atoms with Gasteiger partial charge in [-0.25, -0.2) is 4.98 Å². The summed E-state index contributed by atoms with van der Waals surface area (Å²) in [6.45, 7) is 8.52. The Morgan fingerprint density at radius 2 is 2.11 bits per heavy atom. The summed E-state index contributed by atoms with van der Waals surface area (Å²) in [4.78, 5) is 8.66. The van der Waals surface area contributed by atoms with Crippen molar-refractivity contribution in [3.05, 3.63) is 10.6 Å². The van der Waals surface area contributed by atoms with Crippen molar-refractivity contribution in [3.8, 4) is 0 Å². The molecule has 0 amide bonds. The Morgan fingerprint density at radius 1 is 1.37 bits per heavy atom. The molecule has 0 spiro atoms. The molecule has 0 saturated heterocycles. The molecule has 1 fully saturated rings. The lowest BCUT2D eigenvalue weighted by Crippen LogP contribution is -2.31. The summed E-state index contributed by atoms with van der Waals surface area (Å²) >= 11 is 1.81. The first-order valence-corrected chi connectivity index (χ1v) is 8.45. The van der Waals surface area contributed by atoms with Crippen LogP contribution in [0.2, 0.25) is 0 Å². The summed E-state index contributed by atoms with van der Waals surface area (Å²) in [5.41, 5.74) is 7.17. The zero-order valence-electron chi connectivity index (χ0n) is 12.5. The van der Waals surface area contributed by atoms with Gasteiger partial charge in [0.1, 0.15) is 0 Å². The van der Waals surface area contributed by atoms with E-state index in [4.69, 9.17) is 10.7 Å². The fourth-order valence-corrected chi connectivity index (χ4v) is 3.59. The zero-order chi connectivity index (χ0) is 13.8. The Bertz CT molecular complexity index is 396. The van der Waals surface area contributed by atoms with Gasteiger partial charge in [-0.1, -0.05) is 19.8 Å². The van der Waals surface area contributed by atoms with Crippen LogP contribution in [-0.2, 0) is 6.54 Å². The maximum atomic E-state index is 5.88. The Morgan fingerprint density at radius 3 is 2.63 bits per heavy atom. The normalized spacial score (nSPS) is 15.2. The van der Waals surface area contributed by atoms with Gasteiger partial charge >= 0.3 is 0 Å². The van der Waals surface area contributed by atoms with Gasteiger partial charge in [0.05, 0.1) is 5.69 Å². The fourth-order valence-electron chi connectivity index (χ4n) is 2.40. The Kier molecular flexibility index (Phi) is 5.22. The molecule has 1 aliphatic carbocycles. The monoisotopic (exact) mass is 281 g/mol. The highest BCUT2D eigenvalue weighted by atomic mass is 32.1. The molecule has 0 radical (unpaired) electrons. The summed E-state index contributed by atoms with van der Waals surface area (Å²) in [7, 11) is 0. The van der Waals surface area contributed by atoms with E-state index >= 15 is 0 Å². The van der Waals surface area contributed by atoms with Crippen LogP contribution in [0.5, 0.6) is 0 Å². The van der Waals surface area contributed by atoms with Gasteiger partial charge in [0.2, 0.25) is 0 Å². The molecule has 1 heterocycles. The molecule has 108 valence electrons. The molecule has 0 aliphatic heterocycles. The summed E-state index contributed by atoms with van der Waals surface area (Å²) in [5.74, 6) is 0.702. The summed E-state index contributed by atoms with van der Waals surface area (Å²) in [6.07, 6.45) is 6.42.